The van der Waals surface area contributed by atoms with Crippen molar-refractivity contribution < 1.29 is 19.1 Å². The Morgan fingerprint density at radius 1 is 1.17 bits per heavy atom. The second-order valence-electron chi connectivity index (χ2n) is 4.94. The lowest BCUT2D eigenvalue weighted by Gasteiger charge is -2.21. The number of rotatable bonds is 7. The van der Waals surface area contributed by atoms with E-state index in [1.165, 1.54) is 19.2 Å². The lowest BCUT2D eigenvalue weighted by molar-refractivity contribution is -0.146. The average molecular weight is 383 g/mol. The van der Waals surface area contributed by atoms with E-state index in [1.54, 1.807) is 0 Å². The predicted octanol–water partition coefficient (Wildman–Crippen LogP) is 3.73. The lowest BCUT2D eigenvalue weighted by Crippen LogP contribution is -2.47. The highest BCUT2D eigenvalue weighted by molar-refractivity contribution is 6.43. The molecule has 1 aromatic carbocycles. The monoisotopic (exact) mass is 381 g/mol. The van der Waals surface area contributed by atoms with E-state index in [9.17, 15) is 9.59 Å². The Labute approximate surface area is 150 Å². The molecule has 0 fully saturated rings. The first-order valence-corrected chi connectivity index (χ1v) is 8.08. The zero-order valence-electron chi connectivity index (χ0n) is 13.0. The SMILES string of the molecule is CC[C@H](C)[C@H](NC(=O)COc1cc(Cl)c(Cl)cc1Cl)C(=O)OC. The van der Waals surface area contributed by atoms with Crippen molar-refractivity contribution >= 4 is 46.7 Å². The van der Waals surface area contributed by atoms with Crippen LogP contribution in [-0.4, -0.2) is 31.6 Å². The van der Waals surface area contributed by atoms with Gasteiger partial charge in [-0.25, -0.2) is 4.79 Å². The maximum Gasteiger partial charge on any atom is 0.328 e. The Morgan fingerprint density at radius 3 is 2.35 bits per heavy atom. The topological polar surface area (TPSA) is 64.6 Å². The summed E-state index contributed by atoms with van der Waals surface area (Å²) >= 11 is 17.7. The van der Waals surface area contributed by atoms with Crippen LogP contribution in [-0.2, 0) is 14.3 Å². The molecule has 1 aromatic rings. The molecule has 1 N–H and O–H groups in total. The van der Waals surface area contributed by atoms with E-state index >= 15 is 0 Å². The number of hydrogen-bond acceptors (Lipinski definition) is 4. The summed E-state index contributed by atoms with van der Waals surface area (Å²) < 4.78 is 10.0. The van der Waals surface area contributed by atoms with Gasteiger partial charge in [-0.3, -0.25) is 4.79 Å². The molecule has 0 saturated carbocycles. The third-order valence-corrected chi connectivity index (χ3v) is 4.34. The van der Waals surface area contributed by atoms with Crippen molar-refractivity contribution in [2.45, 2.75) is 26.3 Å². The summed E-state index contributed by atoms with van der Waals surface area (Å²) in [7, 11) is 1.27. The second-order valence-corrected chi connectivity index (χ2v) is 6.16. The van der Waals surface area contributed by atoms with Crippen LogP contribution in [0.1, 0.15) is 20.3 Å². The lowest BCUT2D eigenvalue weighted by atomic mass is 9.99. The molecule has 0 aromatic heterocycles. The maximum atomic E-state index is 12.0. The van der Waals surface area contributed by atoms with Crippen LogP contribution >= 0.6 is 34.8 Å². The molecule has 128 valence electrons. The summed E-state index contributed by atoms with van der Waals surface area (Å²) in [5, 5.41) is 3.38. The molecular weight excluding hydrogens is 365 g/mol. The van der Waals surface area contributed by atoms with Gasteiger partial charge in [0.05, 0.1) is 22.2 Å². The number of halogens is 3. The fourth-order valence-electron chi connectivity index (χ4n) is 1.77. The molecular formula is C15H18Cl3NO4. The first kappa shape index (κ1) is 19.9. The third kappa shape index (κ3) is 5.75. The van der Waals surface area contributed by atoms with Gasteiger partial charge >= 0.3 is 5.97 Å². The number of ether oxygens (including phenoxy) is 2. The van der Waals surface area contributed by atoms with E-state index in [2.05, 4.69) is 5.32 Å². The third-order valence-electron chi connectivity index (χ3n) is 3.32. The van der Waals surface area contributed by atoms with E-state index in [0.717, 1.165) is 0 Å². The van der Waals surface area contributed by atoms with Gasteiger partial charge in [0.15, 0.2) is 6.61 Å². The van der Waals surface area contributed by atoms with Crippen molar-refractivity contribution in [2.75, 3.05) is 13.7 Å². The molecule has 0 heterocycles. The van der Waals surface area contributed by atoms with Gasteiger partial charge < -0.3 is 14.8 Å². The molecule has 5 nitrogen and oxygen atoms in total. The molecule has 0 unspecified atom stereocenters. The van der Waals surface area contributed by atoms with Gasteiger partial charge in [-0.2, -0.15) is 0 Å². The van der Waals surface area contributed by atoms with Crippen molar-refractivity contribution in [1.82, 2.24) is 5.32 Å². The zero-order valence-corrected chi connectivity index (χ0v) is 15.3. The van der Waals surface area contributed by atoms with Gasteiger partial charge in [-0.05, 0) is 12.0 Å². The minimum Gasteiger partial charge on any atom is -0.482 e. The molecule has 0 bridgehead atoms. The molecule has 1 rings (SSSR count). The van der Waals surface area contributed by atoms with Crippen LogP contribution in [0.15, 0.2) is 12.1 Å². The molecule has 0 aliphatic heterocycles. The highest BCUT2D eigenvalue weighted by Crippen LogP contribution is 2.33. The fourth-order valence-corrected chi connectivity index (χ4v) is 2.36. The standard InChI is InChI=1S/C15H18Cl3NO4/c1-4-8(2)14(15(21)22-3)19-13(20)7-23-12-6-10(17)9(16)5-11(12)18/h5-6,8,14H,4,7H2,1-3H3,(H,19,20)/t8-,14-/m0/s1. The Hall–Kier alpha value is -1.17. The number of esters is 1. The van der Waals surface area contributed by atoms with Crippen LogP contribution in [0.5, 0.6) is 5.75 Å². The van der Waals surface area contributed by atoms with Gasteiger partial charge in [0, 0.05) is 6.07 Å². The molecule has 1 amide bonds. The Morgan fingerprint density at radius 2 is 1.78 bits per heavy atom. The molecule has 0 aliphatic rings. The van der Waals surface area contributed by atoms with E-state index < -0.39 is 17.9 Å². The van der Waals surface area contributed by atoms with Crippen LogP contribution < -0.4 is 10.1 Å². The number of nitrogens with one attached hydrogen (secondary N) is 1. The van der Waals surface area contributed by atoms with Crippen molar-refractivity contribution in [3.05, 3.63) is 27.2 Å². The van der Waals surface area contributed by atoms with Crippen LogP contribution in [0, 0.1) is 5.92 Å². The number of hydrogen-bond donors (Lipinski definition) is 1. The predicted molar refractivity (Wildman–Crippen MR) is 90.4 cm³/mol. The minimum atomic E-state index is -0.731. The number of methoxy groups -OCH3 is 1. The molecule has 0 saturated heterocycles. The van der Waals surface area contributed by atoms with E-state index in [-0.39, 0.29) is 33.3 Å². The van der Waals surface area contributed by atoms with Gasteiger partial charge in [-0.1, -0.05) is 55.1 Å². The molecule has 0 spiro atoms. The molecule has 23 heavy (non-hydrogen) atoms. The Balaban J connectivity index is 2.69. The average Bonchev–Trinajstić information content (AvgIpc) is 2.53. The second kappa shape index (κ2) is 9.21. The summed E-state index contributed by atoms with van der Waals surface area (Å²) in [6.07, 6.45) is 0.708. The van der Waals surface area contributed by atoms with E-state index in [1.807, 2.05) is 13.8 Å². The Kier molecular flexibility index (Phi) is 7.95. The highest BCUT2D eigenvalue weighted by atomic mass is 35.5. The first-order chi connectivity index (χ1) is 10.8. The van der Waals surface area contributed by atoms with Crippen molar-refractivity contribution in [3.8, 4) is 5.75 Å². The molecule has 0 radical (unpaired) electrons. The molecule has 8 heteroatoms. The number of amides is 1. The zero-order chi connectivity index (χ0) is 17.6. The summed E-state index contributed by atoms with van der Waals surface area (Å²) in [5.41, 5.74) is 0. The first-order valence-electron chi connectivity index (χ1n) is 6.94. The van der Waals surface area contributed by atoms with Crippen molar-refractivity contribution in [2.24, 2.45) is 5.92 Å². The van der Waals surface area contributed by atoms with Gasteiger partial charge in [0.2, 0.25) is 0 Å². The van der Waals surface area contributed by atoms with Crippen LogP contribution in [0.2, 0.25) is 15.1 Å². The fraction of sp³-hybridized carbons (Fsp3) is 0.467. The van der Waals surface area contributed by atoms with Crippen LogP contribution in [0.3, 0.4) is 0 Å². The van der Waals surface area contributed by atoms with Crippen LogP contribution in [0.25, 0.3) is 0 Å². The summed E-state index contributed by atoms with van der Waals surface area (Å²) in [4.78, 5) is 23.7. The van der Waals surface area contributed by atoms with E-state index in [4.69, 9.17) is 44.3 Å². The number of benzene rings is 1. The van der Waals surface area contributed by atoms with Crippen LogP contribution in [0.4, 0.5) is 0 Å². The molecule has 0 aliphatic carbocycles. The highest BCUT2D eigenvalue weighted by Gasteiger charge is 2.26. The maximum absolute atomic E-state index is 12.0. The summed E-state index contributed by atoms with van der Waals surface area (Å²) in [6.45, 7) is 3.44. The van der Waals surface area contributed by atoms with Gasteiger partial charge in [0.25, 0.3) is 5.91 Å². The summed E-state index contributed by atoms with van der Waals surface area (Å²) in [5.74, 6) is -0.808. The minimum absolute atomic E-state index is 0.0695. The largest absolute Gasteiger partial charge is 0.482 e. The number of carbonyl (C=O) groups is 2. The quantitative estimate of drug-likeness (QED) is 0.576. The van der Waals surface area contributed by atoms with Gasteiger partial charge in [0.1, 0.15) is 11.8 Å². The normalized spacial score (nSPS) is 13.1. The van der Waals surface area contributed by atoms with Crippen molar-refractivity contribution in [3.63, 3.8) is 0 Å². The molecule has 2 atom stereocenters. The van der Waals surface area contributed by atoms with Gasteiger partial charge in [-0.15, -0.1) is 0 Å². The van der Waals surface area contributed by atoms with Crippen molar-refractivity contribution in [1.29, 1.82) is 0 Å². The summed E-state index contributed by atoms with van der Waals surface area (Å²) in [6, 6.07) is 2.12. The number of carbonyl (C=O) groups excluding carboxylic acids is 2. The Bertz CT molecular complexity index is 580. The smallest absolute Gasteiger partial charge is 0.328 e. The van der Waals surface area contributed by atoms with E-state index in [0.29, 0.717) is 6.42 Å².